The van der Waals surface area contributed by atoms with Gasteiger partial charge < -0.3 is 5.32 Å². The van der Waals surface area contributed by atoms with Gasteiger partial charge in [0.2, 0.25) is 5.91 Å². The molecular formula is C18H16ClF2N5O. The third kappa shape index (κ3) is 3.57. The predicted molar refractivity (Wildman–Crippen MR) is 96.5 cm³/mol. The van der Waals surface area contributed by atoms with Crippen LogP contribution in [-0.2, 0) is 4.79 Å². The Balaban J connectivity index is 1.44. The number of H-pyrrole nitrogens is 1. The number of amides is 1. The minimum Gasteiger partial charge on any atom is -0.309 e. The smallest absolute Gasteiger partial charge is 0.257 e. The van der Waals surface area contributed by atoms with Gasteiger partial charge in [-0.3, -0.25) is 9.89 Å². The zero-order valence-electron chi connectivity index (χ0n) is 14.3. The number of carbonyl (C=O) groups excluding carboxylic acids is 1. The van der Waals surface area contributed by atoms with Crippen LogP contribution in [-0.4, -0.2) is 31.8 Å². The summed E-state index contributed by atoms with van der Waals surface area (Å²) in [7, 11) is 0. The Morgan fingerprint density at radius 1 is 1.44 bits per heavy atom. The summed E-state index contributed by atoms with van der Waals surface area (Å²) in [6, 6.07) is 8.65. The largest absolute Gasteiger partial charge is 0.309 e. The SMILES string of the molecule is CC(C(=O)Nc1cc(C2CC2(F)F)[nH]n1)c1cnn(-c2cccc(Cl)c2)c1. The van der Waals surface area contributed by atoms with Gasteiger partial charge in [0, 0.05) is 35.0 Å². The number of hydrogen-bond donors (Lipinski definition) is 2. The van der Waals surface area contributed by atoms with Gasteiger partial charge in [-0.05, 0) is 25.1 Å². The molecule has 1 saturated carbocycles. The van der Waals surface area contributed by atoms with Crippen molar-refractivity contribution in [2.24, 2.45) is 0 Å². The molecule has 1 aromatic carbocycles. The van der Waals surface area contributed by atoms with Crippen LogP contribution < -0.4 is 5.32 Å². The summed E-state index contributed by atoms with van der Waals surface area (Å²) in [5, 5.41) is 14.0. The number of rotatable bonds is 5. The van der Waals surface area contributed by atoms with Crippen LogP contribution in [0, 0.1) is 0 Å². The number of nitrogens with one attached hydrogen (secondary N) is 2. The fourth-order valence-electron chi connectivity index (χ4n) is 2.84. The van der Waals surface area contributed by atoms with E-state index in [2.05, 4.69) is 20.6 Å². The molecule has 1 fully saturated rings. The molecule has 4 rings (SSSR count). The Hall–Kier alpha value is -2.74. The van der Waals surface area contributed by atoms with E-state index in [4.69, 9.17) is 11.6 Å². The van der Waals surface area contributed by atoms with E-state index < -0.39 is 17.8 Å². The Morgan fingerprint density at radius 3 is 2.93 bits per heavy atom. The van der Waals surface area contributed by atoms with Crippen LogP contribution in [0.3, 0.4) is 0 Å². The molecule has 0 saturated heterocycles. The van der Waals surface area contributed by atoms with E-state index in [1.165, 1.54) is 6.07 Å². The van der Waals surface area contributed by atoms with Crippen molar-refractivity contribution in [2.75, 3.05) is 5.32 Å². The Morgan fingerprint density at radius 2 is 2.22 bits per heavy atom. The number of carbonyl (C=O) groups is 1. The molecule has 2 heterocycles. The van der Waals surface area contributed by atoms with Crippen LogP contribution in [0.2, 0.25) is 5.02 Å². The Labute approximate surface area is 158 Å². The van der Waals surface area contributed by atoms with Crippen molar-refractivity contribution in [1.29, 1.82) is 0 Å². The van der Waals surface area contributed by atoms with Crippen LogP contribution in [0.1, 0.15) is 36.4 Å². The molecule has 0 aliphatic heterocycles. The number of nitrogens with zero attached hydrogens (tertiary/aromatic N) is 3. The summed E-state index contributed by atoms with van der Waals surface area (Å²) in [6.45, 7) is 1.73. The van der Waals surface area contributed by atoms with Gasteiger partial charge in [0.05, 0.1) is 23.7 Å². The van der Waals surface area contributed by atoms with Gasteiger partial charge in [-0.25, -0.2) is 13.5 Å². The first-order valence-electron chi connectivity index (χ1n) is 8.38. The molecule has 2 aromatic heterocycles. The highest BCUT2D eigenvalue weighted by atomic mass is 35.5. The molecule has 1 aliphatic carbocycles. The third-order valence-electron chi connectivity index (χ3n) is 4.62. The van der Waals surface area contributed by atoms with E-state index in [1.807, 2.05) is 12.1 Å². The van der Waals surface area contributed by atoms with Crippen molar-refractivity contribution >= 4 is 23.3 Å². The summed E-state index contributed by atoms with van der Waals surface area (Å²) in [5.74, 6) is -4.10. The number of aromatic nitrogens is 4. The normalized spacial score (nSPS) is 18.9. The highest BCUT2D eigenvalue weighted by Crippen LogP contribution is 2.55. The second-order valence-corrected chi connectivity index (χ2v) is 7.07. The molecule has 2 N–H and O–H groups in total. The quantitative estimate of drug-likeness (QED) is 0.687. The molecule has 6 nitrogen and oxygen atoms in total. The van der Waals surface area contributed by atoms with Crippen LogP contribution in [0.25, 0.3) is 5.69 Å². The van der Waals surface area contributed by atoms with Crippen molar-refractivity contribution in [2.45, 2.75) is 31.1 Å². The summed E-state index contributed by atoms with van der Waals surface area (Å²) in [6.07, 6.45) is 3.16. The lowest BCUT2D eigenvalue weighted by Gasteiger charge is -2.08. The summed E-state index contributed by atoms with van der Waals surface area (Å²) < 4.78 is 27.9. The fourth-order valence-corrected chi connectivity index (χ4v) is 3.02. The molecule has 2 atom stereocenters. The highest BCUT2D eigenvalue weighted by Gasteiger charge is 2.58. The average Bonchev–Trinajstić information content (AvgIpc) is 3.03. The molecule has 140 valence electrons. The lowest BCUT2D eigenvalue weighted by molar-refractivity contribution is -0.117. The lowest BCUT2D eigenvalue weighted by atomic mass is 10.0. The first kappa shape index (κ1) is 17.7. The van der Waals surface area contributed by atoms with E-state index in [0.29, 0.717) is 16.3 Å². The van der Waals surface area contributed by atoms with Gasteiger partial charge in [-0.2, -0.15) is 10.2 Å². The van der Waals surface area contributed by atoms with Crippen molar-refractivity contribution in [3.05, 3.63) is 59.0 Å². The van der Waals surface area contributed by atoms with Gasteiger partial charge in [0.1, 0.15) is 0 Å². The molecule has 0 radical (unpaired) electrons. The zero-order chi connectivity index (χ0) is 19.2. The molecule has 0 bridgehead atoms. The summed E-state index contributed by atoms with van der Waals surface area (Å²) in [4.78, 5) is 12.5. The molecule has 2 unspecified atom stereocenters. The lowest BCUT2D eigenvalue weighted by Crippen LogP contribution is -2.18. The van der Waals surface area contributed by atoms with Gasteiger partial charge in [-0.1, -0.05) is 17.7 Å². The number of alkyl halides is 2. The molecule has 9 heteroatoms. The van der Waals surface area contributed by atoms with Gasteiger partial charge in [0.15, 0.2) is 5.82 Å². The van der Waals surface area contributed by atoms with E-state index in [9.17, 15) is 13.6 Å². The van der Waals surface area contributed by atoms with E-state index >= 15 is 0 Å². The maximum absolute atomic E-state index is 13.1. The second-order valence-electron chi connectivity index (χ2n) is 6.64. The van der Waals surface area contributed by atoms with Crippen molar-refractivity contribution in [1.82, 2.24) is 20.0 Å². The maximum Gasteiger partial charge on any atom is 0.257 e. The van der Waals surface area contributed by atoms with Gasteiger partial charge in [-0.15, -0.1) is 0 Å². The van der Waals surface area contributed by atoms with Crippen LogP contribution in [0.5, 0.6) is 0 Å². The van der Waals surface area contributed by atoms with Crippen LogP contribution in [0.15, 0.2) is 42.7 Å². The second kappa shape index (κ2) is 6.45. The molecule has 1 aliphatic rings. The molecular weight excluding hydrogens is 376 g/mol. The topological polar surface area (TPSA) is 75.6 Å². The van der Waals surface area contributed by atoms with Crippen LogP contribution >= 0.6 is 11.6 Å². The third-order valence-corrected chi connectivity index (χ3v) is 4.85. The van der Waals surface area contributed by atoms with E-state index in [1.54, 1.807) is 36.1 Å². The first-order chi connectivity index (χ1) is 12.8. The number of benzene rings is 1. The standard InChI is InChI=1S/C18H16ClF2N5O/c1-10(11-8-22-26(9-11)13-4-2-3-12(19)5-13)17(27)23-16-6-15(24-25-16)14-7-18(14,20)21/h2-6,8-10,14H,7H2,1H3,(H2,23,24,25,27). The number of halogens is 3. The highest BCUT2D eigenvalue weighted by molar-refractivity contribution is 6.30. The first-order valence-corrected chi connectivity index (χ1v) is 8.76. The predicted octanol–water partition coefficient (Wildman–Crippen LogP) is 4.11. The Bertz CT molecular complexity index is 999. The molecule has 0 spiro atoms. The molecule has 3 aromatic rings. The Kier molecular flexibility index (Phi) is 4.22. The van der Waals surface area contributed by atoms with Gasteiger partial charge in [0.25, 0.3) is 5.92 Å². The zero-order valence-corrected chi connectivity index (χ0v) is 15.0. The van der Waals surface area contributed by atoms with Crippen molar-refractivity contribution in [3.8, 4) is 5.69 Å². The minimum absolute atomic E-state index is 0.193. The number of hydrogen-bond acceptors (Lipinski definition) is 3. The van der Waals surface area contributed by atoms with Crippen LogP contribution in [0.4, 0.5) is 14.6 Å². The van der Waals surface area contributed by atoms with Gasteiger partial charge >= 0.3 is 0 Å². The van der Waals surface area contributed by atoms with Crippen molar-refractivity contribution in [3.63, 3.8) is 0 Å². The molecule has 1 amide bonds. The number of anilines is 1. The number of aromatic amines is 1. The van der Waals surface area contributed by atoms with Crippen molar-refractivity contribution < 1.29 is 13.6 Å². The monoisotopic (exact) mass is 391 g/mol. The van der Waals surface area contributed by atoms with E-state index in [0.717, 1.165) is 5.69 Å². The maximum atomic E-state index is 13.1. The molecule has 27 heavy (non-hydrogen) atoms. The summed E-state index contributed by atoms with van der Waals surface area (Å²) in [5.41, 5.74) is 1.82. The average molecular weight is 392 g/mol. The summed E-state index contributed by atoms with van der Waals surface area (Å²) >= 11 is 5.99. The van der Waals surface area contributed by atoms with E-state index in [-0.39, 0.29) is 18.1 Å². The minimum atomic E-state index is -2.68. The fraction of sp³-hybridized carbons (Fsp3) is 0.278.